The first-order chi connectivity index (χ1) is 16.4. The zero-order valence-electron chi connectivity index (χ0n) is 18.6. The molecule has 0 aliphatic carbocycles. The molecule has 4 aromatic rings. The number of aliphatic hydroxyl groups is 1. The number of fused-ring (bicyclic) bond motifs is 1. The van der Waals surface area contributed by atoms with Gasteiger partial charge >= 0.3 is 0 Å². The molecule has 2 aromatic carbocycles. The minimum Gasteiger partial charge on any atom is -0.503 e. The first-order valence-corrected chi connectivity index (χ1v) is 11.2. The van der Waals surface area contributed by atoms with Crippen molar-refractivity contribution in [3.63, 3.8) is 0 Å². The van der Waals surface area contributed by atoms with Gasteiger partial charge in [0.15, 0.2) is 16.7 Å². The average molecular weight is 477 g/mol. The van der Waals surface area contributed by atoms with Gasteiger partial charge in [0.25, 0.3) is 5.91 Å². The van der Waals surface area contributed by atoms with E-state index in [2.05, 4.69) is 4.98 Å². The van der Waals surface area contributed by atoms with Crippen LogP contribution in [0.2, 0.25) is 0 Å². The summed E-state index contributed by atoms with van der Waals surface area (Å²) in [5, 5.41) is 11.3. The Morgan fingerprint density at radius 2 is 1.97 bits per heavy atom. The second-order valence-electron chi connectivity index (χ2n) is 7.72. The molecule has 0 spiro atoms. The summed E-state index contributed by atoms with van der Waals surface area (Å²) >= 11 is 1.30. The fourth-order valence-electron chi connectivity index (χ4n) is 4.05. The summed E-state index contributed by atoms with van der Waals surface area (Å²) in [6.07, 6.45) is 1.36. The Hall–Kier alpha value is -4.11. The Bertz CT molecular complexity index is 1450. The summed E-state index contributed by atoms with van der Waals surface area (Å²) in [6.45, 7) is 1.97. The Kier molecular flexibility index (Phi) is 5.33. The molecule has 1 amide bonds. The lowest BCUT2D eigenvalue weighted by atomic mass is 9.94. The van der Waals surface area contributed by atoms with Crippen molar-refractivity contribution in [2.45, 2.75) is 13.0 Å². The van der Waals surface area contributed by atoms with Crippen molar-refractivity contribution in [1.82, 2.24) is 4.98 Å². The van der Waals surface area contributed by atoms with Crippen molar-refractivity contribution in [3.8, 4) is 11.5 Å². The molecular formula is C25H20N2O6S. The maximum Gasteiger partial charge on any atom is 0.296 e. The average Bonchev–Trinajstić information content (AvgIpc) is 3.57. The summed E-state index contributed by atoms with van der Waals surface area (Å²) in [6, 6.07) is 12.9. The van der Waals surface area contributed by atoms with Gasteiger partial charge in [-0.15, -0.1) is 0 Å². The normalized spacial score (nSPS) is 15.9. The number of furan rings is 1. The second-order valence-corrected chi connectivity index (χ2v) is 8.73. The first kappa shape index (κ1) is 21.7. The molecule has 172 valence electrons. The number of rotatable bonds is 6. The van der Waals surface area contributed by atoms with Gasteiger partial charge in [0.2, 0.25) is 5.78 Å². The van der Waals surface area contributed by atoms with Crippen molar-refractivity contribution in [2.24, 2.45) is 0 Å². The largest absolute Gasteiger partial charge is 0.503 e. The van der Waals surface area contributed by atoms with E-state index in [1.807, 2.05) is 25.1 Å². The fraction of sp³-hybridized carbons (Fsp3) is 0.160. The number of hydrogen-bond acceptors (Lipinski definition) is 8. The molecule has 8 nitrogen and oxygen atoms in total. The molecule has 1 unspecified atom stereocenters. The van der Waals surface area contributed by atoms with E-state index in [9.17, 15) is 14.7 Å². The number of hydrogen-bond donors (Lipinski definition) is 1. The molecule has 1 aliphatic heterocycles. The molecule has 2 aromatic heterocycles. The Morgan fingerprint density at radius 1 is 1.15 bits per heavy atom. The predicted octanol–water partition coefficient (Wildman–Crippen LogP) is 5.00. The van der Waals surface area contributed by atoms with Gasteiger partial charge in [-0.2, -0.15) is 0 Å². The Labute approximate surface area is 198 Å². The summed E-state index contributed by atoms with van der Waals surface area (Å²) in [5.41, 5.74) is 2.10. The number of carbonyl (C=O) groups is 2. The molecule has 3 heterocycles. The number of anilines is 1. The number of carbonyl (C=O) groups excluding carboxylic acids is 2. The molecule has 0 saturated carbocycles. The third-order valence-corrected chi connectivity index (χ3v) is 6.69. The lowest BCUT2D eigenvalue weighted by molar-refractivity contribution is -0.117. The summed E-state index contributed by atoms with van der Waals surface area (Å²) < 4.78 is 17.1. The van der Waals surface area contributed by atoms with Crippen LogP contribution < -0.4 is 14.4 Å². The van der Waals surface area contributed by atoms with Gasteiger partial charge in [-0.3, -0.25) is 14.5 Å². The zero-order valence-corrected chi connectivity index (χ0v) is 19.4. The third-order valence-electron chi connectivity index (χ3n) is 5.67. The van der Waals surface area contributed by atoms with E-state index in [1.165, 1.54) is 42.8 Å². The highest BCUT2D eigenvalue weighted by Gasteiger charge is 2.47. The van der Waals surface area contributed by atoms with Gasteiger partial charge in [-0.25, -0.2) is 4.98 Å². The highest BCUT2D eigenvalue weighted by molar-refractivity contribution is 7.22. The van der Waals surface area contributed by atoms with Crippen molar-refractivity contribution in [2.75, 3.05) is 19.1 Å². The molecule has 1 aliphatic rings. The molecule has 1 N–H and O–H groups in total. The number of methoxy groups -OCH3 is 2. The van der Waals surface area contributed by atoms with E-state index in [0.29, 0.717) is 27.7 Å². The SMILES string of the molecule is COc1ccc(OC)c(C2C(C(=O)c3ccco3)=C(O)C(=O)N2c2nc3ccc(C)cc3s2)c1. The quantitative estimate of drug-likeness (QED) is 0.391. The van der Waals surface area contributed by atoms with Crippen LogP contribution >= 0.6 is 11.3 Å². The van der Waals surface area contributed by atoms with Crippen LogP contribution in [0.3, 0.4) is 0 Å². The van der Waals surface area contributed by atoms with Crippen molar-refractivity contribution in [3.05, 3.63) is 83.0 Å². The number of aliphatic hydroxyl groups excluding tert-OH is 1. The number of ketones is 1. The third kappa shape index (κ3) is 3.41. The highest BCUT2D eigenvalue weighted by atomic mass is 32.1. The van der Waals surface area contributed by atoms with Gasteiger partial charge in [-0.1, -0.05) is 17.4 Å². The van der Waals surface area contributed by atoms with Gasteiger partial charge in [0.05, 0.1) is 36.3 Å². The molecule has 0 fully saturated rings. The van der Waals surface area contributed by atoms with Gasteiger partial charge < -0.3 is 19.0 Å². The zero-order chi connectivity index (χ0) is 24.0. The van der Waals surface area contributed by atoms with Gasteiger partial charge in [0, 0.05) is 5.56 Å². The number of ether oxygens (including phenoxy) is 2. The van der Waals surface area contributed by atoms with Crippen LogP contribution in [0, 0.1) is 6.92 Å². The topological polar surface area (TPSA) is 102 Å². The number of aromatic nitrogens is 1. The number of amides is 1. The maximum absolute atomic E-state index is 13.4. The van der Waals surface area contributed by atoms with Crippen LogP contribution in [0.15, 0.2) is 70.5 Å². The van der Waals surface area contributed by atoms with E-state index in [1.54, 1.807) is 24.3 Å². The van der Waals surface area contributed by atoms with E-state index >= 15 is 0 Å². The van der Waals surface area contributed by atoms with Gasteiger partial charge in [0.1, 0.15) is 17.5 Å². The van der Waals surface area contributed by atoms with E-state index in [4.69, 9.17) is 13.9 Å². The van der Waals surface area contributed by atoms with Crippen molar-refractivity contribution >= 4 is 38.4 Å². The lowest BCUT2D eigenvalue weighted by Gasteiger charge is -2.26. The molecule has 9 heteroatoms. The number of aryl methyl sites for hydroxylation is 1. The van der Waals surface area contributed by atoms with E-state index in [-0.39, 0.29) is 11.3 Å². The van der Waals surface area contributed by atoms with Crippen molar-refractivity contribution in [1.29, 1.82) is 0 Å². The molecule has 0 radical (unpaired) electrons. The minimum atomic E-state index is -1.02. The highest BCUT2D eigenvalue weighted by Crippen LogP contribution is 2.47. The lowest BCUT2D eigenvalue weighted by Crippen LogP contribution is -2.31. The van der Waals surface area contributed by atoms with Gasteiger partial charge in [-0.05, 0) is 55.0 Å². The van der Waals surface area contributed by atoms with Crippen LogP contribution in [0.4, 0.5) is 5.13 Å². The van der Waals surface area contributed by atoms with Crippen LogP contribution in [-0.4, -0.2) is 36.0 Å². The number of benzene rings is 2. The monoisotopic (exact) mass is 476 g/mol. The number of thiazole rings is 1. The number of nitrogens with zero attached hydrogens (tertiary/aromatic N) is 2. The first-order valence-electron chi connectivity index (χ1n) is 10.4. The summed E-state index contributed by atoms with van der Waals surface area (Å²) in [4.78, 5) is 32.8. The fourth-order valence-corrected chi connectivity index (χ4v) is 5.14. The van der Waals surface area contributed by atoms with Crippen LogP contribution in [-0.2, 0) is 4.79 Å². The molecule has 34 heavy (non-hydrogen) atoms. The van der Waals surface area contributed by atoms with Crippen LogP contribution in [0.5, 0.6) is 11.5 Å². The molecule has 0 bridgehead atoms. The minimum absolute atomic E-state index is 0.00277. The van der Waals surface area contributed by atoms with E-state index in [0.717, 1.165) is 10.3 Å². The Balaban J connectivity index is 1.74. The Morgan fingerprint density at radius 3 is 2.68 bits per heavy atom. The summed E-state index contributed by atoms with van der Waals surface area (Å²) in [5.74, 6) is -1.08. The molecule has 1 atom stereocenters. The van der Waals surface area contributed by atoms with E-state index < -0.39 is 23.5 Å². The molecular weight excluding hydrogens is 456 g/mol. The standard InChI is InChI=1S/C25H20N2O6S/c1-13-6-8-16-19(11-13)34-25(26-16)27-21(15-12-14(31-2)7-9-17(15)32-3)20(23(29)24(27)30)22(28)18-5-4-10-33-18/h4-12,21,29H,1-3H3. The maximum atomic E-state index is 13.4. The smallest absolute Gasteiger partial charge is 0.296 e. The predicted molar refractivity (Wildman–Crippen MR) is 127 cm³/mol. The molecule has 0 saturated heterocycles. The van der Waals surface area contributed by atoms with Crippen molar-refractivity contribution < 1.29 is 28.6 Å². The number of Topliss-reactive ketones (excluding diaryl/α,β-unsaturated/α-hetero) is 1. The summed E-state index contributed by atoms with van der Waals surface area (Å²) in [7, 11) is 3.01. The van der Waals surface area contributed by atoms with Crippen LogP contribution in [0.1, 0.15) is 27.7 Å². The van der Waals surface area contributed by atoms with Crippen LogP contribution in [0.25, 0.3) is 10.2 Å². The second kappa shape index (κ2) is 8.35. The molecule has 5 rings (SSSR count).